The summed E-state index contributed by atoms with van der Waals surface area (Å²) in [7, 11) is -3.02. The number of halogens is 1. The number of anilines is 1. The van der Waals surface area contributed by atoms with Crippen molar-refractivity contribution in [2.45, 2.75) is 32.4 Å². The van der Waals surface area contributed by atoms with Gasteiger partial charge < -0.3 is 9.80 Å². The number of hydrogen-bond donors (Lipinski definition) is 0. The molecule has 2 aliphatic heterocycles. The van der Waals surface area contributed by atoms with E-state index >= 15 is 0 Å². The number of piperazine rings is 1. The predicted molar refractivity (Wildman–Crippen MR) is 104 cm³/mol. The van der Waals surface area contributed by atoms with Crippen molar-refractivity contribution in [3.8, 4) is 0 Å². The van der Waals surface area contributed by atoms with E-state index in [0.717, 1.165) is 31.9 Å². The first-order valence-corrected chi connectivity index (χ1v) is 11.4. The summed E-state index contributed by atoms with van der Waals surface area (Å²) >= 11 is 0. The smallest absolute Gasteiger partial charge is 0.239 e. The van der Waals surface area contributed by atoms with E-state index in [0.29, 0.717) is 13.0 Å². The quantitative estimate of drug-likeness (QED) is 0.751. The lowest BCUT2D eigenvalue weighted by atomic mass is 10.1. The maximum atomic E-state index is 13.1. The van der Waals surface area contributed by atoms with Crippen LogP contribution in [0.25, 0.3) is 0 Å². The first-order chi connectivity index (χ1) is 12.8. The van der Waals surface area contributed by atoms with Crippen molar-refractivity contribution in [2.75, 3.05) is 49.1 Å². The van der Waals surface area contributed by atoms with Gasteiger partial charge in [0.25, 0.3) is 0 Å². The SMILES string of the molecule is CCN(C(=O)[C@@H](C)N1CCN(c2ccc(F)cc2)CC1)[C@H]1CCS(=O)(=O)C1. The summed E-state index contributed by atoms with van der Waals surface area (Å²) in [6.07, 6.45) is 0.535. The van der Waals surface area contributed by atoms with Gasteiger partial charge in [0.2, 0.25) is 5.91 Å². The zero-order chi connectivity index (χ0) is 19.6. The zero-order valence-corrected chi connectivity index (χ0v) is 16.8. The van der Waals surface area contributed by atoms with Gasteiger partial charge in [-0.05, 0) is 44.5 Å². The number of carbonyl (C=O) groups is 1. The van der Waals surface area contributed by atoms with Crippen LogP contribution >= 0.6 is 0 Å². The Morgan fingerprint density at radius 1 is 1.22 bits per heavy atom. The standard InChI is InChI=1S/C19H28FN3O3S/c1-3-23(18-8-13-27(25,26)14-18)19(24)15(2)21-9-11-22(12-10-21)17-6-4-16(20)5-7-17/h4-7,15,18H,3,8-14H2,1-2H3/t15-,18+/m1/s1. The lowest BCUT2D eigenvalue weighted by Gasteiger charge is -2.40. The Morgan fingerprint density at radius 2 is 1.85 bits per heavy atom. The molecule has 0 radical (unpaired) electrons. The van der Waals surface area contributed by atoms with Crippen molar-refractivity contribution in [3.63, 3.8) is 0 Å². The number of nitrogens with zero attached hydrogens (tertiary/aromatic N) is 3. The summed E-state index contributed by atoms with van der Waals surface area (Å²) in [5, 5.41) is 0. The summed E-state index contributed by atoms with van der Waals surface area (Å²) in [6, 6.07) is 6.00. The van der Waals surface area contributed by atoms with E-state index < -0.39 is 9.84 Å². The molecular weight excluding hydrogens is 369 g/mol. The first-order valence-electron chi connectivity index (χ1n) is 9.56. The molecule has 8 heteroatoms. The summed E-state index contributed by atoms with van der Waals surface area (Å²) in [5.74, 6) is 0.0177. The topological polar surface area (TPSA) is 60.9 Å². The molecule has 1 aromatic rings. The molecular formula is C19H28FN3O3S. The van der Waals surface area contributed by atoms with Gasteiger partial charge in [0.05, 0.1) is 17.5 Å². The summed E-state index contributed by atoms with van der Waals surface area (Å²) in [5.41, 5.74) is 0.987. The molecule has 3 rings (SSSR count). The normalized spacial score (nSPS) is 24.0. The minimum atomic E-state index is -3.02. The maximum Gasteiger partial charge on any atom is 0.239 e. The van der Waals surface area contributed by atoms with Crippen molar-refractivity contribution in [1.82, 2.24) is 9.80 Å². The molecule has 0 saturated carbocycles. The van der Waals surface area contributed by atoms with Crippen molar-refractivity contribution >= 4 is 21.4 Å². The van der Waals surface area contributed by atoms with E-state index in [1.807, 2.05) is 13.8 Å². The molecule has 0 aliphatic carbocycles. The van der Waals surface area contributed by atoms with Crippen LogP contribution in [0.4, 0.5) is 10.1 Å². The third kappa shape index (κ3) is 4.60. The summed E-state index contributed by atoms with van der Waals surface area (Å²) < 4.78 is 36.6. The molecule has 6 nitrogen and oxygen atoms in total. The number of rotatable bonds is 5. The number of sulfone groups is 1. The van der Waals surface area contributed by atoms with Gasteiger partial charge >= 0.3 is 0 Å². The maximum absolute atomic E-state index is 13.1. The van der Waals surface area contributed by atoms with Crippen LogP contribution < -0.4 is 4.90 Å². The van der Waals surface area contributed by atoms with E-state index in [9.17, 15) is 17.6 Å². The number of amides is 1. The van der Waals surface area contributed by atoms with Crippen LogP contribution in [-0.4, -0.2) is 80.4 Å². The van der Waals surface area contributed by atoms with E-state index in [2.05, 4.69) is 9.80 Å². The van der Waals surface area contributed by atoms with E-state index in [1.54, 1.807) is 17.0 Å². The van der Waals surface area contributed by atoms with Gasteiger partial charge in [-0.2, -0.15) is 0 Å². The van der Waals surface area contributed by atoms with Crippen molar-refractivity contribution < 1.29 is 17.6 Å². The number of carbonyl (C=O) groups excluding carboxylic acids is 1. The highest BCUT2D eigenvalue weighted by atomic mass is 32.2. The van der Waals surface area contributed by atoms with Gasteiger partial charge in [-0.25, -0.2) is 12.8 Å². The predicted octanol–water partition coefficient (Wildman–Crippen LogP) is 1.37. The van der Waals surface area contributed by atoms with Crippen LogP contribution in [0.1, 0.15) is 20.3 Å². The Labute approximate surface area is 160 Å². The lowest BCUT2D eigenvalue weighted by Crippen LogP contribution is -2.56. The fourth-order valence-corrected chi connectivity index (χ4v) is 5.76. The fourth-order valence-electron chi connectivity index (χ4n) is 4.03. The number of benzene rings is 1. The molecule has 2 aliphatic rings. The van der Waals surface area contributed by atoms with Gasteiger partial charge in [0.1, 0.15) is 5.82 Å². The second kappa shape index (κ2) is 8.14. The van der Waals surface area contributed by atoms with Gasteiger partial charge in [0, 0.05) is 44.5 Å². The summed E-state index contributed by atoms with van der Waals surface area (Å²) in [4.78, 5) is 19.1. The lowest BCUT2D eigenvalue weighted by molar-refractivity contribution is -0.138. The van der Waals surface area contributed by atoms with Crippen LogP contribution in [-0.2, 0) is 14.6 Å². The van der Waals surface area contributed by atoms with Crippen LogP contribution in [0.3, 0.4) is 0 Å². The van der Waals surface area contributed by atoms with Crippen LogP contribution in [0, 0.1) is 5.82 Å². The molecule has 1 amide bonds. The number of likely N-dealkylation sites (N-methyl/N-ethyl adjacent to an activating group) is 1. The van der Waals surface area contributed by atoms with Gasteiger partial charge in [0.15, 0.2) is 9.84 Å². The molecule has 2 fully saturated rings. The molecule has 0 bridgehead atoms. The zero-order valence-electron chi connectivity index (χ0n) is 16.0. The molecule has 0 aromatic heterocycles. The molecule has 2 heterocycles. The summed E-state index contributed by atoms with van der Waals surface area (Å²) in [6.45, 7) is 7.36. The average molecular weight is 398 g/mol. The molecule has 150 valence electrons. The third-order valence-electron chi connectivity index (χ3n) is 5.68. The second-order valence-corrected chi connectivity index (χ2v) is 9.59. The molecule has 0 unspecified atom stereocenters. The Hall–Kier alpha value is -1.67. The highest BCUT2D eigenvalue weighted by molar-refractivity contribution is 7.91. The van der Waals surface area contributed by atoms with Crippen molar-refractivity contribution in [3.05, 3.63) is 30.1 Å². The third-order valence-corrected chi connectivity index (χ3v) is 7.43. The monoisotopic (exact) mass is 397 g/mol. The van der Waals surface area contributed by atoms with Crippen molar-refractivity contribution in [1.29, 1.82) is 0 Å². The molecule has 1 aromatic carbocycles. The second-order valence-electron chi connectivity index (χ2n) is 7.36. The van der Waals surface area contributed by atoms with Gasteiger partial charge in [-0.1, -0.05) is 0 Å². The molecule has 2 atom stereocenters. The van der Waals surface area contributed by atoms with Crippen molar-refractivity contribution in [2.24, 2.45) is 0 Å². The molecule has 0 N–H and O–H groups in total. The van der Waals surface area contributed by atoms with Crippen LogP contribution in [0.15, 0.2) is 24.3 Å². The Bertz CT molecular complexity index is 761. The highest BCUT2D eigenvalue weighted by Crippen LogP contribution is 2.21. The molecule has 0 spiro atoms. The van der Waals surface area contributed by atoms with Crippen LogP contribution in [0.2, 0.25) is 0 Å². The van der Waals surface area contributed by atoms with Crippen LogP contribution in [0.5, 0.6) is 0 Å². The highest BCUT2D eigenvalue weighted by Gasteiger charge is 2.37. The Morgan fingerprint density at radius 3 is 2.37 bits per heavy atom. The number of hydrogen-bond acceptors (Lipinski definition) is 5. The largest absolute Gasteiger partial charge is 0.369 e. The Balaban J connectivity index is 1.58. The van der Waals surface area contributed by atoms with E-state index in [4.69, 9.17) is 0 Å². The minimum Gasteiger partial charge on any atom is -0.369 e. The average Bonchev–Trinajstić information content (AvgIpc) is 3.02. The Kier molecular flexibility index (Phi) is 6.05. The van der Waals surface area contributed by atoms with E-state index in [-0.39, 0.29) is 35.3 Å². The molecule has 2 saturated heterocycles. The van der Waals surface area contributed by atoms with Gasteiger partial charge in [-0.15, -0.1) is 0 Å². The molecule has 27 heavy (non-hydrogen) atoms. The fraction of sp³-hybridized carbons (Fsp3) is 0.632. The van der Waals surface area contributed by atoms with Gasteiger partial charge in [-0.3, -0.25) is 9.69 Å². The minimum absolute atomic E-state index is 0.00910. The first kappa shape index (κ1) is 20.1. The van der Waals surface area contributed by atoms with E-state index in [1.165, 1.54) is 12.1 Å².